The molecule has 0 bridgehead atoms. The fraction of sp³-hybridized carbons (Fsp3) is 0.857. The summed E-state index contributed by atoms with van der Waals surface area (Å²) in [4.78, 5) is 0. The molecule has 1 aliphatic rings. The van der Waals surface area contributed by atoms with Crippen molar-refractivity contribution in [2.75, 3.05) is 6.61 Å². The van der Waals surface area contributed by atoms with Gasteiger partial charge in [0, 0.05) is 6.61 Å². The number of hydrogen-bond donors (Lipinski definition) is 0. The van der Waals surface area contributed by atoms with E-state index >= 15 is 0 Å². The first-order valence-corrected chi connectivity index (χ1v) is 6.68. The molecule has 10 heavy (non-hydrogen) atoms. The van der Waals surface area contributed by atoms with Crippen molar-refractivity contribution in [1.82, 2.24) is 0 Å². The van der Waals surface area contributed by atoms with Gasteiger partial charge >= 0.3 is 22.4 Å². The first kappa shape index (κ1) is 10.9. The van der Waals surface area contributed by atoms with Crippen LogP contribution in [0.15, 0.2) is 0 Å². The van der Waals surface area contributed by atoms with E-state index in [9.17, 15) is 0 Å². The molecule has 0 aromatic heterocycles. The van der Waals surface area contributed by atoms with Crippen LogP contribution in [0.3, 0.4) is 0 Å². The van der Waals surface area contributed by atoms with Crippen LogP contribution in [0, 0.1) is 5.73 Å². The molecule has 0 spiro atoms. The minimum Gasteiger partial charge on any atom is -0.551 e. The summed E-state index contributed by atoms with van der Waals surface area (Å²) in [6, 6.07) is 0. The maximum absolute atomic E-state index is 5.52. The molecule has 0 radical (unpaired) electrons. The van der Waals surface area contributed by atoms with Gasteiger partial charge in [0.2, 0.25) is 0 Å². The second-order valence-electron chi connectivity index (χ2n) is 2.93. The average molecular weight is 251 g/mol. The largest absolute Gasteiger partial charge is 1.00 e. The second-order valence-corrected chi connectivity index (χ2v) is 5.88. The summed E-state index contributed by atoms with van der Waals surface area (Å²) in [6.07, 6.45) is 3.88. The van der Waals surface area contributed by atoms with Gasteiger partial charge in [0.15, 0.2) is 0 Å². The van der Waals surface area contributed by atoms with E-state index in [2.05, 4.69) is 13.1 Å². The van der Waals surface area contributed by atoms with Crippen molar-refractivity contribution >= 4 is 8.80 Å². The minimum atomic E-state index is -0.557. The van der Waals surface area contributed by atoms with Gasteiger partial charge in [-0.2, -0.15) is 12.1 Å². The molecule has 1 nitrogen and oxygen atoms in total. The summed E-state index contributed by atoms with van der Waals surface area (Å²) in [5, 5.41) is 0. The number of hydrogen-bond acceptors (Lipinski definition) is 1. The van der Waals surface area contributed by atoms with Gasteiger partial charge in [0.25, 0.3) is 0 Å². The smallest absolute Gasteiger partial charge is 0.551 e. The van der Waals surface area contributed by atoms with Crippen molar-refractivity contribution in [3.63, 3.8) is 0 Å². The molecule has 1 heterocycles. The van der Waals surface area contributed by atoms with Crippen molar-refractivity contribution < 1.29 is 27.1 Å². The Morgan fingerprint density at radius 2 is 2.00 bits per heavy atom. The van der Waals surface area contributed by atoms with Gasteiger partial charge < -0.3 is 4.74 Å². The van der Waals surface area contributed by atoms with E-state index < -0.39 is 8.80 Å². The third-order valence-electron chi connectivity index (χ3n) is 1.75. The van der Waals surface area contributed by atoms with Crippen LogP contribution in [-0.4, -0.2) is 15.4 Å². The van der Waals surface area contributed by atoms with Crippen LogP contribution in [0.1, 0.15) is 19.3 Å². The quantitative estimate of drug-likeness (QED) is 0.509. The molecule has 0 aromatic carbocycles. The van der Waals surface area contributed by atoms with Crippen molar-refractivity contribution in [3.05, 3.63) is 5.73 Å². The maximum Gasteiger partial charge on any atom is 1.00 e. The molecule has 1 rings (SSSR count). The Bertz CT molecular complexity index is 81.7. The summed E-state index contributed by atoms with van der Waals surface area (Å²) in [7, 11) is -0.557. The van der Waals surface area contributed by atoms with Gasteiger partial charge in [-0.05, 0) is 6.42 Å². The Balaban J connectivity index is 0.000000810. The fourth-order valence-corrected chi connectivity index (χ4v) is 2.36. The van der Waals surface area contributed by atoms with E-state index in [0.717, 1.165) is 6.61 Å². The molecule has 0 amide bonds. The van der Waals surface area contributed by atoms with Gasteiger partial charge in [-0.3, -0.25) is 0 Å². The fourth-order valence-electron chi connectivity index (χ4n) is 1.13. The van der Waals surface area contributed by atoms with Crippen LogP contribution >= 0.6 is 0 Å². The van der Waals surface area contributed by atoms with Crippen LogP contribution in [0.5, 0.6) is 0 Å². The Morgan fingerprint density at radius 3 is 2.30 bits per heavy atom. The molecule has 0 atom stereocenters. The molecule has 3 heteroatoms. The summed E-state index contributed by atoms with van der Waals surface area (Å²) < 4.78 is 5.52. The summed E-state index contributed by atoms with van der Waals surface area (Å²) in [5.41, 5.74) is 1.45. The van der Waals surface area contributed by atoms with Crippen molar-refractivity contribution in [2.24, 2.45) is 0 Å². The number of rotatable bonds is 1. The summed E-state index contributed by atoms with van der Waals surface area (Å²) in [5.74, 6) is 0. The Kier molecular flexibility index (Phi) is 6.06. The summed E-state index contributed by atoms with van der Waals surface area (Å²) >= 11 is 0. The van der Waals surface area contributed by atoms with E-state index in [1.165, 1.54) is 25.0 Å². The van der Waals surface area contributed by atoms with Crippen LogP contribution < -0.4 is 0 Å². The van der Waals surface area contributed by atoms with E-state index in [1.54, 1.807) is 0 Å². The second kappa shape index (κ2) is 5.55. The van der Waals surface area contributed by atoms with Gasteiger partial charge in [0.1, 0.15) is 0 Å². The average Bonchev–Trinajstić information content (AvgIpc) is 1.90. The summed E-state index contributed by atoms with van der Waals surface area (Å²) in [6.45, 7) is 5.65. The zero-order valence-electron chi connectivity index (χ0n) is 6.62. The van der Waals surface area contributed by atoms with Crippen LogP contribution in [0.2, 0.25) is 13.1 Å². The third-order valence-corrected chi connectivity index (χ3v) is 3.49. The third kappa shape index (κ3) is 3.35. The first-order valence-electron chi connectivity index (χ1n) is 3.79. The van der Waals surface area contributed by atoms with Crippen LogP contribution in [0.25, 0.3) is 0 Å². The zero-order valence-corrected chi connectivity index (χ0v) is 9.25. The van der Waals surface area contributed by atoms with E-state index in [4.69, 9.17) is 4.74 Å². The predicted octanol–water partition coefficient (Wildman–Crippen LogP) is 1.74. The molecule has 64 valence electrons. The van der Waals surface area contributed by atoms with Crippen LogP contribution in [-0.2, 0) is 27.1 Å². The molecule has 0 aromatic rings. The van der Waals surface area contributed by atoms with Crippen molar-refractivity contribution in [3.8, 4) is 0 Å². The van der Waals surface area contributed by atoms with Gasteiger partial charge in [-0.25, -0.2) is 0 Å². The molecular weight excluding hydrogens is 236 g/mol. The normalized spacial score (nSPS) is 20.7. The molecule has 0 saturated carbocycles. The molecule has 0 N–H and O–H groups in total. The topological polar surface area (TPSA) is 9.23 Å². The Labute approximate surface area is 80.6 Å². The standard InChI is InChI=1S/C7H15OSi.Ag/c1-9(2)7-5-3-4-6-8-7;/h9H,3-6H2,1-2H3;/q-1;+1. The van der Waals surface area contributed by atoms with E-state index in [-0.39, 0.29) is 22.4 Å². The Hall–Kier alpha value is 0.917. The molecule has 0 aliphatic carbocycles. The minimum absolute atomic E-state index is 0. The van der Waals surface area contributed by atoms with E-state index in [0.29, 0.717) is 0 Å². The molecule has 1 aliphatic heterocycles. The van der Waals surface area contributed by atoms with Gasteiger partial charge in [-0.15, -0.1) is 0 Å². The first-order chi connectivity index (χ1) is 4.30. The van der Waals surface area contributed by atoms with Gasteiger partial charge in [0.05, 0.1) is 0 Å². The van der Waals surface area contributed by atoms with E-state index in [1.807, 2.05) is 0 Å². The van der Waals surface area contributed by atoms with Crippen molar-refractivity contribution in [2.45, 2.75) is 32.4 Å². The zero-order chi connectivity index (χ0) is 6.69. The molecule has 1 fully saturated rings. The predicted molar refractivity (Wildman–Crippen MR) is 41.9 cm³/mol. The van der Waals surface area contributed by atoms with Crippen LogP contribution in [0.4, 0.5) is 0 Å². The Morgan fingerprint density at radius 1 is 1.30 bits per heavy atom. The number of ether oxygens (including phenoxy) is 1. The monoisotopic (exact) mass is 250 g/mol. The maximum atomic E-state index is 5.52. The SMILES string of the molecule is C[SiH](C)[C-]1CCCCO1.[Ag+]. The molecular formula is C7H15AgOSi. The van der Waals surface area contributed by atoms with Gasteiger partial charge in [-0.1, -0.05) is 28.3 Å². The van der Waals surface area contributed by atoms with Crippen molar-refractivity contribution in [1.29, 1.82) is 0 Å². The molecule has 1 saturated heterocycles. The molecule has 0 unspecified atom stereocenters.